The van der Waals surface area contributed by atoms with Crippen molar-refractivity contribution in [2.45, 2.75) is 17.9 Å². The third kappa shape index (κ3) is 0.728. The van der Waals surface area contributed by atoms with Gasteiger partial charge in [-0.15, -0.1) is 0 Å². The minimum atomic E-state index is -2.71. The van der Waals surface area contributed by atoms with Crippen LogP contribution < -0.4 is 5.73 Å². The van der Waals surface area contributed by atoms with Crippen LogP contribution in [-0.2, 0) is 5.54 Å². The molecule has 0 amide bonds. The molecule has 2 rings (SSSR count). The summed E-state index contributed by atoms with van der Waals surface area (Å²) < 4.78 is 25.2. The zero-order chi connectivity index (χ0) is 8.11. The Labute approximate surface area is 62.4 Å². The second kappa shape index (κ2) is 1.64. The lowest BCUT2D eigenvalue weighted by molar-refractivity contribution is 0.0891. The Morgan fingerprint density at radius 3 is 2.55 bits per heavy atom. The molecule has 1 heterocycles. The zero-order valence-electron chi connectivity index (χ0n) is 5.77. The highest BCUT2D eigenvalue weighted by Crippen LogP contribution is 2.57. The van der Waals surface area contributed by atoms with Crippen molar-refractivity contribution < 1.29 is 8.78 Å². The van der Waals surface area contributed by atoms with Gasteiger partial charge < -0.3 is 10.7 Å². The molecular formula is C7H8F2N2. The number of nitrogens with one attached hydrogen (secondary N) is 1. The molecule has 1 aromatic rings. The van der Waals surface area contributed by atoms with Gasteiger partial charge in [0.1, 0.15) is 5.54 Å². The Balaban J connectivity index is 2.33. The Morgan fingerprint density at radius 2 is 2.18 bits per heavy atom. The van der Waals surface area contributed by atoms with Gasteiger partial charge in [-0.05, 0) is 11.6 Å². The minimum absolute atomic E-state index is 0.238. The second-order valence-electron chi connectivity index (χ2n) is 2.95. The van der Waals surface area contributed by atoms with Gasteiger partial charge >= 0.3 is 0 Å². The molecule has 0 aliphatic heterocycles. The highest BCUT2D eigenvalue weighted by Gasteiger charge is 2.70. The van der Waals surface area contributed by atoms with Crippen LogP contribution >= 0.6 is 0 Å². The minimum Gasteiger partial charge on any atom is -0.367 e. The van der Waals surface area contributed by atoms with E-state index in [2.05, 4.69) is 4.98 Å². The molecule has 1 saturated carbocycles. The first-order valence-corrected chi connectivity index (χ1v) is 3.36. The van der Waals surface area contributed by atoms with E-state index in [1.807, 2.05) is 0 Å². The molecule has 4 heteroatoms. The normalized spacial score (nSPS) is 33.7. The van der Waals surface area contributed by atoms with Crippen molar-refractivity contribution in [3.8, 4) is 0 Å². The summed E-state index contributed by atoms with van der Waals surface area (Å²) in [6.45, 7) is 0. The predicted molar refractivity (Wildman–Crippen MR) is 36.2 cm³/mol. The summed E-state index contributed by atoms with van der Waals surface area (Å²) >= 11 is 0. The molecule has 60 valence electrons. The number of hydrogen-bond acceptors (Lipinski definition) is 1. The van der Waals surface area contributed by atoms with Crippen molar-refractivity contribution in [1.29, 1.82) is 0 Å². The lowest BCUT2D eigenvalue weighted by Crippen LogP contribution is -2.26. The molecule has 2 nitrogen and oxygen atoms in total. The molecule has 0 saturated heterocycles. The predicted octanol–water partition coefficient (Wildman–Crippen LogP) is 1.21. The summed E-state index contributed by atoms with van der Waals surface area (Å²) in [5, 5.41) is 0. The van der Waals surface area contributed by atoms with Crippen LogP contribution in [0.1, 0.15) is 12.0 Å². The monoisotopic (exact) mass is 158 g/mol. The third-order valence-corrected chi connectivity index (χ3v) is 2.14. The first-order valence-electron chi connectivity index (χ1n) is 3.36. The number of aromatic amines is 1. The second-order valence-corrected chi connectivity index (χ2v) is 2.95. The fourth-order valence-electron chi connectivity index (χ4n) is 1.22. The summed E-state index contributed by atoms with van der Waals surface area (Å²) in [5.41, 5.74) is 4.51. The number of nitrogens with two attached hydrogens (primary N) is 1. The van der Waals surface area contributed by atoms with Crippen LogP contribution in [0.4, 0.5) is 8.78 Å². The molecule has 0 bridgehead atoms. The summed E-state index contributed by atoms with van der Waals surface area (Å²) in [6.07, 6.45) is 2.87. The van der Waals surface area contributed by atoms with Crippen LogP contribution in [0.15, 0.2) is 18.5 Å². The van der Waals surface area contributed by atoms with Gasteiger partial charge in [-0.3, -0.25) is 0 Å². The molecular weight excluding hydrogens is 150 g/mol. The highest BCUT2D eigenvalue weighted by atomic mass is 19.3. The van der Waals surface area contributed by atoms with E-state index in [1.54, 1.807) is 12.3 Å². The maximum absolute atomic E-state index is 12.6. The Kier molecular flexibility index (Phi) is 1.01. The summed E-state index contributed by atoms with van der Waals surface area (Å²) in [7, 11) is 0. The molecule has 1 fully saturated rings. The molecule has 3 N–H and O–H groups in total. The van der Waals surface area contributed by atoms with Gasteiger partial charge in [0.05, 0.1) is 0 Å². The fraction of sp³-hybridized carbons (Fsp3) is 0.429. The van der Waals surface area contributed by atoms with Gasteiger partial charge in [0.2, 0.25) is 0 Å². The molecule has 1 aliphatic rings. The van der Waals surface area contributed by atoms with E-state index in [4.69, 9.17) is 5.73 Å². The maximum atomic E-state index is 12.6. The van der Waals surface area contributed by atoms with Crippen LogP contribution in [0, 0.1) is 0 Å². The lowest BCUT2D eigenvalue weighted by atomic mass is 10.1. The van der Waals surface area contributed by atoms with E-state index >= 15 is 0 Å². The number of aromatic nitrogens is 1. The standard InChI is InChI=1S/C7H8F2N2/c8-7(9)4-6(7,10)5-1-2-11-3-5/h1-3,11H,4,10H2. The van der Waals surface area contributed by atoms with Gasteiger partial charge in [0.15, 0.2) is 0 Å². The Hall–Kier alpha value is -0.900. The first kappa shape index (κ1) is 6.79. The number of H-pyrrole nitrogens is 1. The van der Waals surface area contributed by atoms with Crippen molar-refractivity contribution in [1.82, 2.24) is 4.98 Å². The van der Waals surface area contributed by atoms with Crippen molar-refractivity contribution in [2.75, 3.05) is 0 Å². The molecule has 1 unspecified atom stereocenters. The van der Waals surface area contributed by atoms with Gasteiger partial charge in [-0.25, -0.2) is 8.78 Å². The van der Waals surface area contributed by atoms with Crippen molar-refractivity contribution in [3.05, 3.63) is 24.0 Å². The zero-order valence-corrected chi connectivity index (χ0v) is 5.77. The summed E-state index contributed by atoms with van der Waals surface area (Å²) in [6, 6.07) is 1.58. The van der Waals surface area contributed by atoms with Crippen LogP contribution in [-0.4, -0.2) is 10.9 Å². The molecule has 1 atom stereocenters. The van der Waals surface area contributed by atoms with Crippen LogP contribution in [0.3, 0.4) is 0 Å². The third-order valence-electron chi connectivity index (χ3n) is 2.14. The molecule has 11 heavy (non-hydrogen) atoms. The van der Waals surface area contributed by atoms with Crippen molar-refractivity contribution in [3.63, 3.8) is 0 Å². The Morgan fingerprint density at radius 1 is 1.55 bits per heavy atom. The summed E-state index contributed by atoms with van der Waals surface area (Å²) in [4.78, 5) is 2.70. The largest absolute Gasteiger partial charge is 0.367 e. The van der Waals surface area contributed by atoms with Crippen molar-refractivity contribution >= 4 is 0 Å². The van der Waals surface area contributed by atoms with Gasteiger partial charge in [0.25, 0.3) is 5.92 Å². The average molecular weight is 158 g/mol. The van der Waals surface area contributed by atoms with Crippen LogP contribution in [0.25, 0.3) is 0 Å². The quantitative estimate of drug-likeness (QED) is 0.633. The SMILES string of the molecule is NC1(c2cc[nH]c2)CC1(F)F. The molecule has 1 aromatic heterocycles. The van der Waals surface area contributed by atoms with E-state index in [-0.39, 0.29) is 6.42 Å². The van der Waals surface area contributed by atoms with Crippen LogP contribution in [0.2, 0.25) is 0 Å². The van der Waals surface area contributed by atoms with E-state index in [0.29, 0.717) is 5.56 Å². The Bertz CT molecular complexity index is 268. The number of hydrogen-bond donors (Lipinski definition) is 2. The van der Waals surface area contributed by atoms with E-state index in [0.717, 1.165) is 0 Å². The molecule has 0 spiro atoms. The first-order chi connectivity index (χ1) is 5.06. The van der Waals surface area contributed by atoms with E-state index < -0.39 is 11.5 Å². The van der Waals surface area contributed by atoms with Crippen molar-refractivity contribution in [2.24, 2.45) is 5.73 Å². The number of alkyl halides is 2. The average Bonchev–Trinajstić information content (AvgIpc) is 2.36. The molecule has 1 aliphatic carbocycles. The van der Waals surface area contributed by atoms with Gasteiger partial charge in [-0.2, -0.15) is 0 Å². The number of rotatable bonds is 1. The molecule has 0 aromatic carbocycles. The van der Waals surface area contributed by atoms with Gasteiger partial charge in [-0.1, -0.05) is 0 Å². The van der Waals surface area contributed by atoms with Gasteiger partial charge in [0, 0.05) is 18.8 Å². The van der Waals surface area contributed by atoms with Crippen LogP contribution in [0.5, 0.6) is 0 Å². The van der Waals surface area contributed by atoms with E-state index in [1.165, 1.54) is 6.20 Å². The fourth-order valence-corrected chi connectivity index (χ4v) is 1.22. The van der Waals surface area contributed by atoms with E-state index in [9.17, 15) is 8.78 Å². The molecule has 0 radical (unpaired) electrons. The summed E-state index contributed by atoms with van der Waals surface area (Å²) in [5.74, 6) is -2.71. The maximum Gasteiger partial charge on any atom is 0.272 e. The highest BCUT2D eigenvalue weighted by molar-refractivity contribution is 5.33. The number of halogens is 2. The smallest absolute Gasteiger partial charge is 0.272 e. The lowest BCUT2D eigenvalue weighted by Gasteiger charge is -2.06. The topological polar surface area (TPSA) is 41.8 Å².